The molecule has 0 saturated heterocycles. The number of rotatable bonds is 7. The number of nitrogens with zero attached hydrogens (tertiary/aromatic N) is 1. The molecule has 0 aliphatic heterocycles. The third-order valence-corrected chi connectivity index (χ3v) is 9.66. The lowest BCUT2D eigenvalue weighted by Gasteiger charge is -2.28. The summed E-state index contributed by atoms with van der Waals surface area (Å²) in [7, 11) is 0. The smallest absolute Gasteiger partial charge is 0.136 e. The molecule has 11 rings (SSSR count). The fraction of sp³-hybridized carbons (Fsp3) is 0. The SMILES string of the molecule is [2H]c1c([2H])c([2H])c(-c2c([2H])c([2H])c(-c3c([2H])c([2H])c(N(c4ccccc4-c4cccc5oc6cc7ccccc7cc6c45)c4c([2H])c([2H])c(-c5c([2H])c([2H])c([2H])c6c([2H])c([2H])c([2H])c([2H])c56)c([2H])c4[2H])c([2H])c3[2H])c([2H])c2[2H])c([2H])c1[2H]. The molecule has 0 aliphatic rings. The van der Waals surface area contributed by atoms with Gasteiger partial charge in [-0.2, -0.15) is 0 Å². The number of fused-ring (bicyclic) bond motifs is 5. The van der Waals surface area contributed by atoms with Crippen LogP contribution in [0.25, 0.3) is 88.0 Å². The average Bonchev–Trinajstić information content (AvgIpc) is 1.47. The van der Waals surface area contributed by atoms with Gasteiger partial charge in [-0.25, -0.2) is 0 Å². The molecule has 2 nitrogen and oxygen atoms in total. The fourth-order valence-corrected chi connectivity index (χ4v) is 7.01. The lowest BCUT2D eigenvalue weighted by atomic mass is 9.95. The molecule has 10 aromatic carbocycles. The zero-order chi connectivity index (χ0) is 59.3. The fourth-order valence-electron chi connectivity index (χ4n) is 7.01. The Labute approximate surface area is 371 Å². The van der Waals surface area contributed by atoms with Crippen LogP contribution in [0.1, 0.15) is 32.9 Å². The highest BCUT2D eigenvalue weighted by Gasteiger charge is 2.21. The van der Waals surface area contributed by atoms with Crippen LogP contribution in [0.4, 0.5) is 17.1 Å². The first-order valence-electron chi connectivity index (χ1n) is 29.9. The Morgan fingerprint density at radius 2 is 0.931 bits per heavy atom. The first kappa shape index (κ1) is 17.2. The topological polar surface area (TPSA) is 16.4 Å². The van der Waals surface area contributed by atoms with Crippen LogP contribution in [0.5, 0.6) is 0 Å². The summed E-state index contributed by atoms with van der Waals surface area (Å²) in [6, 6.07) is 1.41. The van der Waals surface area contributed by atoms with Gasteiger partial charge >= 0.3 is 0 Å². The molecule has 0 N–H and O–H groups in total. The minimum atomic E-state index is -0.991. The maximum atomic E-state index is 9.84. The van der Waals surface area contributed by atoms with Crippen LogP contribution in [-0.4, -0.2) is 0 Å². The Hall–Kier alpha value is -7.68. The van der Waals surface area contributed by atoms with Crippen molar-refractivity contribution in [1.82, 2.24) is 0 Å². The van der Waals surface area contributed by atoms with Gasteiger partial charge in [0.15, 0.2) is 0 Å². The lowest BCUT2D eigenvalue weighted by Crippen LogP contribution is -2.11. The van der Waals surface area contributed by atoms with Crippen molar-refractivity contribution in [3.8, 4) is 44.5 Å². The molecule has 0 saturated carbocycles. The van der Waals surface area contributed by atoms with Gasteiger partial charge in [0.05, 0.1) is 38.6 Å². The van der Waals surface area contributed by atoms with E-state index < -0.39 is 201 Å². The van der Waals surface area contributed by atoms with Crippen molar-refractivity contribution in [2.24, 2.45) is 0 Å². The first-order valence-corrected chi connectivity index (χ1v) is 17.9. The number of furan rings is 1. The standard InChI is InChI=1S/C56H37NO/c1-2-12-38(13-3-1)39-24-26-40(27-25-39)41-28-32-46(33-29-41)57(47-34-30-43(31-35-47)49-20-10-17-42-14-6-7-18-48(42)49)53-22-9-8-19-50(53)51-21-11-23-54-56(51)52-36-44-15-4-5-16-45(44)37-55(52)58-54/h1-37H/i1D,2D,3D,6D,7D,10D,12D,13D,14D,17D,18D,20D,24D,25D,26D,27D,28D,29D,30D,31D,32D,33D,34D,35D. The van der Waals surface area contributed by atoms with Crippen molar-refractivity contribution < 1.29 is 37.3 Å². The maximum Gasteiger partial charge on any atom is 0.136 e. The molecule has 0 amide bonds. The molecule has 0 radical (unpaired) electrons. The van der Waals surface area contributed by atoms with E-state index in [1.54, 1.807) is 30.3 Å². The van der Waals surface area contributed by atoms with E-state index in [1.165, 1.54) is 12.1 Å². The van der Waals surface area contributed by atoms with E-state index in [0.29, 0.717) is 27.5 Å². The van der Waals surface area contributed by atoms with Crippen molar-refractivity contribution in [3.63, 3.8) is 0 Å². The van der Waals surface area contributed by atoms with E-state index in [-0.39, 0.29) is 11.3 Å². The van der Waals surface area contributed by atoms with Gasteiger partial charge in [0.1, 0.15) is 11.2 Å². The van der Waals surface area contributed by atoms with Gasteiger partial charge in [-0.15, -0.1) is 0 Å². The van der Waals surface area contributed by atoms with Gasteiger partial charge in [0, 0.05) is 27.7 Å². The molecule has 0 fully saturated rings. The van der Waals surface area contributed by atoms with E-state index in [1.807, 2.05) is 36.4 Å². The van der Waals surface area contributed by atoms with Crippen LogP contribution in [0, 0.1) is 0 Å². The van der Waals surface area contributed by atoms with Gasteiger partial charge in [-0.3, -0.25) is 0 Å². The normalized spacial score (nSPS) is 17.2. The van der Waals surface area contributed by atoms with Crippen LogP contribution < -0.4 is 4.90 Å². The highest BCUT2D eigenvalue weighted by atomic mass is 16.3. The Kier molecular flexibility index (Phi) is 4.19. The van der Waals surface area contributed by atoms with Crippen LogP contribution in [-0.2, 0) is 0 Å². The Bertz CT molecular complexity index is 4580. The molecule has 272 valence electrons. The van der Waals surface area contributed by atoms with Crippen LogP contribution in [0.2, 0.25) is 0 Å². The molecule has 58 heavy (non-hydrogen) atoms. The van der Waals surface area contributed by atoms with Crippen molar-refractivity contribution in [2.45, 2.75) is 0 Å². The summed E-state index contributed by atoms with van der Waals surface area (Å²) in [5.41, 5.74) is -4.20. The summed E-state index contributed by atoms with van der Waals surface area (Å²) in [5, 5.41) is 1.87. The van der Waals surface area contributed by atoms with Crippen molar-refractivity contribution in [3.05, 3.63) is 224 Å². The maximum absolute atomic E-state index is 9.84. The van der Waals surface area contributed by atoms with Gasteiger partial charge in [0.25, 0.3) is 0 Å². The molecule has 0 bridgehead atoms. The number of benzene rings is 10. The molecule has 1 aromatic heterocycles. The average molecular weight is 764 g/mol. The lowest BCUT2D eigenvalue weighted by molar-refractivity contribution is 0.669. The summed E-state index contributed by atoms with van der Waals surface area (Å²) in [4.78, 5) is 0.964. The second-order valence-corrected chi connectivity index (χ2v) is 13.0. The zero-order valence-electron chi connectivity index (χ0n) is 53.9. The Morgan fingerprint density at radius 1 is 0.362 bits per heavy atom. The zero-order valence-corrected chi connectivity index (χ0v) is 29.9. The molecule has 2 heteroatoms. The largest absolute Gasteiger partial charge is 0.456 e. The monoisotopic (exact) mass is 763 g/mol. The van der Waals surface area contributed by atoms with E-state index >= 15 is 0 Å². The molecular weight excluding hydrogens is 703 g/mol. The minimum Gasteiger partial charge on any atom is -0.456 e. The number of para-hydroxylation sites is 1. The number of anilines is 3. The highest BCUT2D eigenvalue weighted by molar-refractivity contribution is 6.16. The van der Waals surface area contributed by atoms with Gasteiger partial charge in [-0.1, -0.05) is 175 Å². The van der Waals surface area contributed by atoms with Crippen molar-refractivity contribution in [1.29, 1.82) is 0 Å². The van der Waals surface area contributed by atoms with Crippen molar-refractivity contribution in [2.75, 3.05) is 4.90 Å². The van der Waals surface area contributed by atoms with Gasteiger partial charge in [-0.05, 0) is 109 Å². The summed E-state index contributed by atoms with van der Waals surface area (Å²) in [5.74, 6) is 0. The molecule has 0 unspecified atom stereocenters. The number of hydrogen-bond acceptors (Lipinski definition) is 2. The Morgan fingerprint density at radius 3 is 1.67 bits per heavy atom. The highest BCUT2D eigenvalue weighted by Crippen LogP contribution is 2.46. The summed E-state index contributed by atoms with van der Waals surface area (Å²) in [6.07, 6.45) is 0. The van der Waals surface area contributed by atoms with Crippen LogP contribution in [0.3, 0.4) is 0 Å². The summed E-state index contributed by atoms with van der Waals surface area (Å²) < 4.78 is 223. The predicted octanol–water partition coefficient (Wildman–Crippen LogP) is 16.0. The molecule has 1 heterocycles. The van der Waals surface area contributed by atoms with Gasteiger partial charge in [0.2, 0.25) is 0 Å². The van der Waals surface area contributed by atoms with Crippen LogP contribution in [0.15, 0.2) is 228 Å². The third-order valence-electron chi connectivity index (χ3n) is 9.66. The molecular formula is C56H37NO. The molecule has 11 aromatic rings. The summed E-state index contributed by atoms with van der Waals surface area (Å²) >= 11 is 0. The third kappa shape index (κ3) is 5.91. The molecule has 0 aliphatic carbocycles. The number of hydrogen-bond donors (Lipinski definition) is 0. The molecule has 0 spiro atoms. The first-order chi connectivity index (χ1) is 38.8. The van der Waals surface area contributed by atoms with E-state index in [4.69, 9.17) is 23.6 Å². The van der Waals surface area contributed by atoms with Crippen molar-refractivity contribution >= 4 is 60.5 Å². The van der Waals surface area contributed by atoms with E-state index in [2.05, 4.69) is 0 Å². The minimum absolute atomic E-state index is 0.0767. The predicted molar refractivity (Wildman–Crippen MR) is 245 cm³/mol. The quantitative estimate of drug-likeness (QED) is 0.161. The second kappa shape index (κ2) is 14.1. The van der Waals surface area contributed by atoms with E-state index in [0.717, 1.165) is 15.7 Å². The van der Waals surface area contributed by atoms with Crippen LogP contribution >= 0.6 is 0 Å². The Balaban J connectivity index is 1.24. The summed E-state index contributed by atoms with van der Waals surface area (Å²) in [6.45, 7) is 0. The van der Waals surface area contributed by atoms with E-state index in [9.17, 15) is 13.7 Å². The van der Waals surface area contributed by atoms with Gasteiger partial charge < -0.3 is 9.32 Å². The second-order valence-electron chi connectivity index (χ2n) is 13.0. The molecule has 0 atom stereocenters.